The van der Waals surface area contributed by atoms with E-state index in [-0.39, 0.29) is 12.6 Å². The molecule has 3 aromatic rings. The Kier molecular flexibility index (Phi) is 5.28. The number of hydrogen-bond donors (Lipinski definition) is 0. The molecule has 2 heterocycles. The molecule has 0 saturated heterocycles. The molecular weight excluding hydrogens is 392 g/mol. The first kappa shape index (κ1) is 19.1. The topological polar surface area (TPSA) is 36.4 Å². The van der Waals surface area contributed by atoms with Crippen molar-refractivity contribution >= 4 is 22.4 Å². The first-order valence-electron chi connectivity index (χ1n) is 9.00. The van der Waals surface area contributed by atoms with Crippen molar-refractivity contribution in [2.45, 2.75) is 19.5 Å². The van der Waals surface area contributed by atoms with Gasteiger partial charge in [0.15, 0.2) is 16.6 Å². The number of carbonyl (C=O) groups is 1. The lowest BCUT2D eigenvalue weighted by molar-refractivity contribution is 0.196. The second-order valence-corrected chi connectivity index (χ2v) is 7.66. The van der Waals surface area contributed by atoms with Crippen LogP contribution in [0.15, 0.2) is 48.5 Å². The molecule has 4 nitrogen and oxygen atoms in total. The quantitative estimate of drug-likeness (QED) is 0.594. The van der Waals surface area contributed by atoms with Crippen molar-refractivity contribution in [3.63, 3.8) is 0 Å². The number of thiazole rings is 1. The van der Waals surface area contributed by atoms with Crippen molar-refractivity contribution in [3.8, 4) is 11.8 Å². The van der Waals surface area contributed by atoms with Crippen LogP contribution < -0.4 is 4.90 Å². The van der Waals surface area contributed by atoms with Gasteiger partial charge < -0.3 is 4.90 Å². The molecular formula is C22H17F2N3OS. The maximum Gasteiger partial charge on any atom is 0.325 e. The third kappa shape index (κ3) is 4.13. The average molecular weight is 409 g/mol. The maximum atomic E-state index is 13.5. The summed E-state index contributed by atoms with van der Waals surface area (Å²) >= 11 is 1.38. The monoisotopic (exact) mass is 409 g/mol. The van der Waals surface area contributed by atoms with Crippen molar-refractivity contribution in [2.75, 3.05) is 11.9 Å². The van der Waals surface area contributed by atoms with Gasteiger partial charge in [0.1, 0.15) is 5.00 Å². The summed E-state index contributed by atoms with van der Waals surface area (Å²) in [5.74, 6) is 4.36. The zero-order valence-electron chi connectivity index (χ0n) is 15.7. The smallest absolute Gasteiger partial charge is 0.314 e. The van der Waals surface area contributed by atoms with Gasteiger partial charge in [-0.25, -0.2) is 18.6 Å². The van der Waals surface area contributed by atoms with E-state index in [9.17, 15) is 13.6 Å². The molecule has 0 unspecified atom stereocenters. The fourth-order valence-electron chi connectivity index (χ4n) is 3.11. The molecule has 0 fully saturated rings. The van der Waals surface area contributed by atoms with Crippen LogP contribution in [-0.2, 0) is 19.5 Å². The number of anilines is 1. The van der Waals surface area contributed by atoms with Crippen molar-refractivity contribution in [3.05, 3.63) is 82.0 Å². The molecule has 0 radical (unpaired) electrons. The average Bonchev–Trinajstić information content (AvgIpc) is 3.12. The number of urea groups is 1. The predicted molar refractivity (Wildman–Crippen MR) is 109 cm³/mol. The Morgan fingerprint density at radius 3 is 2.66 bits per heavy atom. The number of rotatable bonds is 3. The standard InChI is InChI=1S/C22H17F2N3OS/c1-26-21-19(25-20(29-21)9-5-8-15-6-3-2-4-7-15)14-27(22(26)28)13-16-10-11-17(23)18(24)12-16/h2-4,6-7,10-12H,8,13-14H2,1H3. The fourth-order valence-corrected chi connectivity index (χ4v) is 4.01. The Bertz CT molecular complexity index is 1120. The number of halogens is 2. The Labute approximate surface area is 171 Å². The highest BCUT2D eigenvalue weighted by molar-refractivity contribution is 7.16. The third-order valence-electron chi connectivity index (χ3n) is 4.57. The summed E-state index contributed by atoms with van der Waals surface area (Å²) in [6.07, 6.45) is 0.627. The SMILES string of the molecule is CN1C(=O)N(Cc2ccc(F)c(F)c2)Cc2nc(C#CCc3ccccc3)sc21. The van der Waals surface area contributed by atoms with E-state index in [1.54, 1.807) is 11.9 Å². The molecule has 2 aromatic carbocycles. The minimum absolute atomic E-state index is 0.173. The van der Waals surface area contributed by atoms with Gasteiger partial charge in [0.2, 0.25) is 0 Å². The molecule has 29 heavy (non-hydrogen) atoms. The van der Waals surface area contributed by atoms with E-state index in [2.05, 4.69) is 16.8 Å². The van der Waals surface area contributed by atoms with E-state index in [1.165, 1.54) is 22.3 Å². The number of carbonyl (C=O) groups excluding carboxylic acids is 1. The Morgan fingerprint density at radius 2 is 1.90 bits per heavy atom. The van der Waals surface area contributed by atoms with Gasteiger partial charge in [-0.1, -0.05) is 53.7 Å². The summed E-state index contributed by atoms with van der Waals surface area (Å²) in [5.41, 5.74) is 2.40. The van der Waals surface area contributed by atoms with E-state index in [0.717, 1.165) is 28.4 Å². The molecule has 146 valence electrons. The summed E-state index contributed by atoms with van der Waals surface area (Å²) < 4.78 is 26.6. The highest BCUT2D eigenvalue weighted by Crippen LogP contribution is 2.33. The van der Waals surface area contributed by atoms with E-state index in [4.69, 9.17) is 0 Å². The Morgan fingerprint density at radius 1 is 1.10 bits per heavy atom. The van der Waals surface area contributed by atoms with Crippen LogP contribution in [-0.4, -0.2) is 23.0 Å². The lowest BCUT2D eigenvalue weighted by Gasteiger charge is -2.32. The summed E-state index contributed by atoms with van der Waals surface area (Å²) in [7, 11) is 1.68. The number of fused-ring (bicyclic) bond motifs is 1. The van der Waals surface area contributed by atoms with Crippen LogP contribution in [0.4, 0.5) is 18.6 Å². The van der Waals surface area contributed by atoms with Gasteiger partial charge in [0.05, 0.1) is 12.2 Å². The van der Waals surface area contributed by atoms with Gasteiger partial charge in [0, 0.05) is 20.0 Å². The lowest BCUT2D eigenvalue weighted by Crippen LogP contribution is -2.44. The molecule has 0 aliphatic carbocycles. The molecule has 0 bridgehead atoms. The highest BCUT2D eigenvalue weighted by Gasteiger charge is 2.31. The van der Waals surface area contributed by atoms with E-state index in [1.807, 2.05) is 30.3 Å². The van der Waals surface area contributed by atoms with Crippen molar-refractivity contribution < 1.29 is 13.6 Å². The van der Waals surface area contributed by atoms with E-state index >= 15 is 0 Å². The zero-order valence-corrected chi connectivity index (χ0v) is 16.5. The summed E-state index contributed by atoms with van der Waals surface area (Å²) in [6, 6.07) is 13.4. The second kappa shape index (κ2) is 8.02. The summed E-state index contributed by atoms with van der Waals surface area (Å²) in [6.45, 7) is 0.473. The van der Waals surface area contributed by atoms with Crippen LogP contribution >= 0.6 is 11.3 Å². The normalized spacial score (nSPS) is 13.1. The lowest BCUT2D eigenvalue weighted by atomic mass is 10.2. The predicted octanol–water partition coefficient (Wildman–Crippen LogP) is 4.59. The van der Waals surface area contributed by atoms with Crippen molar-refractivity contribution in [1.82, 2.24) is 9.88 Å². The number of nitrogens with zero attached hydrogens (tertiary/aromatic N) is 3. The van der Waals surface area contributed by atoms with Gasteiger partial charge in [-0.15, -0.1) is 0 Å². The minimum Gasteiger partial charge on any atom is -0.314 e. The summed E-state index contributed by atoms with van der Waals surface area (Å²) in [4.78, 5) is 20.3. The molecule has 0 N–H and O–H groups in total. The minimum atomic E-state index is -0.925. The number of hydrogen-bond acceptors (Lipinski definition) is 3. The van der Waals surface area contributed by atoms with Gasteiger partial charge in [-0.2, -0.15) is 0 Å². The van der Waals surface area contributed by atoms with E-state index < -0.39 is 11.6 Å². The molecule has 4 rings (SSSR count). The van der Waals surface area contributed by atoms with Crippen LogP contribution in [0.5, 0.6) is 0 Å². The maximum absolute atomic E-state index is 13.5. The number of aromatic nitrogens is 1. The second-order valence-electron chi connectivity index (χ2n) is 6.68. The molecule has 0 atom stereocenters. The molecule has 1 aromatic heterocycles. The molecule has 0 spiro atoms. The first-order valence-corrected chi connectivity index (χ1v) is 9.82. The van der Waals surface area contributed by atoms with E-state index in [0.29, 0.717) is 23.5 Å². The largest absolute Gasteiger partial charge is 0.325 e. The van der Waals surface area contributed by atoms with Gasteiger partial charge in [-0.3, -0.25) is 4.90 Å². The van der Waals surface area contributed by atoms with Gasteiger partial charge in [0.25, 0.3) is 0 Å². The molecule has 1 aliphatic heterocycles. The third-order valence-corrected chi connectivity index (χ3v) is 5.66. The fraction of sp³-hybridized carbons (Fsp3) is 0.182. The zero-order chi connectivity index (χ0) is 20.4. The van der Waals surface area contributed by atoms with Crippen LogP contribution in [0.1, 0.15) is 21.8 Å². The Balaban J connectivity index is 1.51. The van der Waals surface area contributed by atoms with Crippen LogP contribution in [0.2, 0.25) is 0 Å². The molecule has 1 aliphatic rings. The van der Waals surface area contributed by atoms with Gasteiger partial charge >= 0.3 is 6.03 Å². The Hall–Kier alpha value is -3.24. The van der Waals surface area contributed by atoms with Crippen LogP contribution in [0.3, 0.4) is 0 Å². The van der Waals surface area contributed by atoms with Gasteiger partial charge in [-0.05, 0) is 29.2 Å². The first-order chi connectivity index (χ1) is 14.0. The molecule has 2 amide bonds. The van der Waals surface area contributed by atoms with Crippen LogP contribution in [0.25, 0.3) is 0 Å². The van der Waals surface area contributed by atoms with Crippen molar-refractivity contribution in [1.29, 1.82) is 0 Å². The number of amides is 2. The van der Waals surface area contributed by atoms with Crippen molar-refractivity contribution in [2.24, 2.45) is 0 Å². The van der Waals surface area contributed by atoms with Crippen LogP contribution in [0, 0.1) is 23.5 Å². The molecule has 7 heteroatoms. The molecule has 0 saturated carbocycles. The highest BCUT2D eigenvalue weighted by atomic mass is 32.1. The number of benzene rings is 2. The summed E-state index contributed by atoms with van der Waals surface area (Å²) in [5, 5.41) is 1.42.